The van der Waals surface area contributed by atoms with Crippen LogP contribution in [0.4, 0.5) is 5.69 Å². The van der Waals surface area contributed by atoms with Gasteiger partial charge < -0.3 is 34.8 Å². The van der Waals surface area contributed by atoms with E-state index in [-0.39, 0.29) is 25.4 Å². The predicted molar refractivity (Wildman–Crippen MR) is 139 cm³/mol. The van der Waals surface area contributed by atoms with E-state index < -0.39 is 48.8 Å². The lowest BCUT2D eigenvalue weighted by molar-refractivity contribution is -0.159. The van der Waals surface area contributed by atoms with Gasteiger partial charge in [0.25, 0.3) is 0 Å². The summed E-state index contributed by atoms with van der Waals surface area (Å²) in [5.41, 5.74) is 1.02. The smallest absolute Gasteiger partial charge is 0.323 e. The third-order valence-electron chi connectivity index (χ3n) is 6.50. The number of aliphatic carboxylic acids is 1. The number of thiocarbonyl (C=S) groups is 1. The van der Waals surface area contributed by atoms with Crippen molar-refractivity contribution < 1.29 is 33.8 Å². The molecule has 0 bridgehead atoms. The van der Waals surface area contributed by atoms with Crippen LogP contribution in [0.15, 0.2) is 24.5 Å². The third kappa shape index (κ3) is 7.37. The number of carboxylic acids is 1. The number of carboxylic acid groups (broad SMARTS) is 1. The Balaban J connectivity index is 1.71. The van der Waals surface area contributed by atoms with Crippen LogP contribution in [-0.4, -0.2) is 124 Å². The molecule has 3 amide bonds. The van der Waals surface area contributed by atoms with E-state index in [0.717, 1.165) is 17.7 Å². The topological polar surface area (TPSA) is 153 Å². The van der Waals surface area contributed by atoms with Gasteiger partial charge in [0.2, 0.25) is 17.7 Å². The monoisotopic (exact) mass is 548 g/mol. The van der Waals surface area contributed by atoms with Gasteiger partial charge in [0.15, 0.2) is 0 Å². The zero-order valence-electron chi connectivity index (χ0n) is 21.4. The average molecular weight is 549 g/mol. The Morgan fingerprint density at radius 1 is 1.13 bits per heavy atom. The molecule has 0 saturated carbocycles. The Labute approximate surface area is 225 Å². The van der Waals surface area contributed by atoms with E-state index in [4.69, 9.17) is 17.3 Å². The van der Waals surface area contributed by atoms with E-state index in [9.17, 15) is 24.0 Å². The molecule has 0 spiro atoms. The molecule has 3 heterocycles. The summed E-state index contributed by atoms with van der Waals surface area (Å²) in [6, 6.07) is 1.50. The Hall–Kier alpha value is -3.81. The van der Waals surface area contributed by atoms with Crippen molar-refractivity contribution in [2.45, 2.75) is 31.8 Å². The zero-order valence-corrected chi connectivity index (χ0v) is 22.2. The number of amides is 3. The van der Waals surface area contributed by atoms with Gasteiger partial charge in [-0.05, 0) is 19.1 Å². The molecule has 0 aliphatic carbocycles. The van der Waals surface area contributed by atoms with E-state index in [1.165, 1.54) is 4.90 Å². The van der Waals surface area contributed by atoms with Crippen LogP contribution in [0.25, 0.3) is 0 Å². The van der Waals surface area contributed by atoms with Gasteiger partial charge in [0.1, 0.15) is 18.6 Å². The van der Waals surface area contributed by atoms with Gasteiger partial charge in [-0.2, -0.15) is 0 Å². The zero-order chi connectivity index (χ0) is 27.8. The lowest BCUT2D eigenvalue weighted by Gasteiger charge is -2.41. The Kier molecular flexibility index (Phi) is 9.93. The van der Waals surface area contributed by atoms with Gasteiger partial charge in [-0.1, -0.05) is 12.2 Å². The molecule has 0 radical (unpaired) electrons. The maximum Gasteiger partial charge on any atom is 0.323 e. The second kappa shape index (κ2) is 13.1. The van der Waals surface area contributed by atoms with Crippen molar-refractivity contribution in [3.05, 3.63) is 24.5 Å². The number of carbonyl (C=O) groups is 5. The first-order valence-electron chi connectivity index (χ1n) is 12.2. The summed E-state index contributed by atoms with van der Waals surface area (Å²) >= 11 is 5.15. The number of ether oxygens (including phenoxy) is 1. The maximum atomic E-state index is 13.6. The number of rotatable bonds is 9. The largest absolute Gasteiger partial charge is 0.480 e. The SMILES string of the molecule is COC(=O)C[C@@H]1C(=O)N(CC(=O)O)CCN1C(=O)[C@H](CC(=O)N1CCN(c2ccncc2)CC1)NC(C)=S. The molecule has 13 nitrogen and oxygen atoms in total. The highest BCUT2D eigenvalue weighted by Crippen LogP contribution is 2.19. The highest BCUT2D eigenvalue weighted by atomic mass is 32.1. The van der Waals surface area contributed by atoms with Gasteiger partial charge in [-0.25, -0.2) is 0 Å². The van der Waals surface area contributed by atoms with Crippen molar-refractivity contribution in [2.24, 2.45) is 0 Å². The fourth-order valence-corrected chi connectivity index (χ4v) is 4.72. The number of esters is 1. The molecule has 2 N–H and O–H groups in total. The van der Waals surface area contributed by atoms with Crippen molar-refractivity contribution in [3.8, 4) is 0 Å². The Bertz CT molecular complexity index is 1060. The normalized spacial score (nSPS) is 18.6. The predicted octanol–water partition coefficient (Wildman–Crippen LogP) is -0.887. The summed E-state index contributed by atoms with van der Waals surface area (Å²) in [7, 11) is 1.16. The molecule has 3 rings (SSSR count). The fourth-order valence-electron chi connectivity index (χ4n) is 4.58. The minimum absolute atomic E-state index is 0.00698. The molecule has 2 saturated heterocycles. The molecule has 1 aromatic rings. The Morgan fingerprint density at radius 3 is 2.37 bits per heavy atom. The van der Waals surface area contributed by atoms with Crippen molar-refractivity contribution >= 4 is 52.6 Å². The molecule has 38 heavy (non-hydrogen) atoms. The van der Waals surface area contributed by atoms with Crippen molar-refractivity contribution in [1.29, 1.82) is 0 Å². The number of anilines is 1. The van der Waals surface area contributed by atoms with Gasteiger partial charge in [0.05, 0.1) is 24.9 Å². The first-order chi connectivity index (χ1) is 18.1. The van der Waals surface area contributed by atoms with Crippen LogP contribution in [0, 0.1) is 0 Å². The minimum atomic E-state index is -1.25. The summed E-state index contributed by atoms with van der Waals surface area (Å²) < 4.78 is 4.69. The van der Waals surface area contributed by atoms with E-state index in [1.807, 2.05) is 12.1 Å². The van der Waals surface area contributed by atoms with E-state index in [0.29, 0.717) is 31.2 Å². The first kappa shape index (κ1) is 28.8. The standard InChI is InChI=1S/C24H32N6O7S/c1-16(38)26-18(13-20(31)28-9-7-27(8-10-28)17-3-5-25-6-4-17)23(35)30-12-11-29(15-21(32)33)24(36)19(30)14-22(34)37-2/h3-6,18-19H,7-15H2,1-2H3,(H,26,38)(H,32,33)/t18-,19+/m0/s1. The molecular weight excluding hydrogens is 516 g/mol. The lowest BCUT2D eigenvalue weighted by atomic mass is 10.0. The van der Waals surface area contributed by atoms with Gasteiger partial charge in [-0.15, -0.1) is 0 Å². The molecule has 2 aliphatic rings. The molecular formula is C24H32N6O7S. The van der Waals surface area contributed by atoms with Gasteiger partial charge in [0, 0.05) is 57.3 Å². The van der Waals surface area contributed by atoms with Crippen LogP contribution >= 0.6 is 12.2 Å². The fraction of sp³-hybridized carbons (Fsp3) is 0.542. The summed E-state index contributed by atoms with van der Waals surface area (Å²) in [6.07, 6.45) is 2.78. The number of nitrogens with zero attached hydrogens (tertiary/aromatic N) is 5. The highest BCUT2D eigenvalue weighted by Gasteiger charge is 2.42. The summed E-state index contributed by atoms with van der Waals surface area (Å²) in [4.78, 5) is 73.5. The van der Waals surface area contributed by atoms with Crippen molar-refractivity contribution in [3.63, 3.8) is 0 Å². The molecule has 2 fully saturated rings. The number of methoxy groups -OCH3 is 1. The van der Waals surface area contributed by atoms with Crippen LogP contribution in [0.5, 0.6) is 0 Å². The Morgan fingerprint density at radius 2 is 1.79 bits per heavy atom. The van der Waals surface area contributed by atoms with Crippen LogP contribution < -0.4 is 10.2 Å². The molecule has 1 aromatic heterocycles. The maximum absolute atomic E-state index is 13.6. The average Bonchev–Trinajstić information content (AvgIpc) is 2.90. The molecule has 0 unspecified atom stereocenters. The van der Waals surface area contributed by atoms with E-state index in [1.54, 1.807) is 24.2 Å². The molecule has 14 heteroatoms. The van der Waals surface area contributed by atoms with Gasteiger partial charge in [-0.3, -0.25) is 29.0 Å². The van der Waals surface area contributed by atoms with Crippen LogP contribution in [0.3, 0.4) is 0 Å². The lowest BCUT2D eigenvalue weighted by Crippen LogP contribution is -2.63. The summed E-state index contributed by atoms with van der Waals surface area (Å²) in [6.45, 7) is 3.17. The van der Waals surface area contributed by atoms with E-state index in [2.05, 4.69) is 19.9 Å². The minimum Gasteiger partial charge on any atom is -0.480 e. The van der Waals surface area contributed by atoms with Crippen LogP contribution in [0.1, 0.15) is 19.8 Å². The number of pyridine rings is 1. The van der Waals surface area contributed by atoms with Gasteiger partial charge >= 0.3 is 11.9 Å². The second-order valence-corrected chi connectivity index (χ2v) is 9.62. The number of hydrogen-bond donors (Lipinski definition) is 2. The molecule has 2 aliphatic heterocycles. The summed E-state index contributed by atoms with van der Waals surface area (Å²) in [5.74, 6) is -3.43. The second-order valence-electron chi connectivity index (χ2n) is 9.01. The third-order valence-corrected chi connectivity index (χ3v) is 6.61. The highest BCUT2D eigenvalue weighted by molar-refractivity contribution is 7.80. The molecule has 0 aromatic carbocycles. The number of carbonyl (C=O) groups excluding carboxylic acids is 4. The first-order valence-corrected chi connectivity index (χ1v) is 12.6. The number of piperazine rings is 2. The van der Waals surface area contributed by atoms with E-state index >= 15 is 0 Å². The molecule has 2 atom stereocenters. The number of nitrogens with one attached hydrogen (secondary N) is 1. The number of hydrogen-bond acceptors (Lipinski definition) is 9. The van der Waals surface area contributed by atoms with Crippen LogP contribution in [-0.2, 0) is 28.7 Å². The molecule has 206 valence electrons. The van der Waals surface area contributed by atoms with Crippen molar-refractivity contribution in [2.75, 3.05) is 57.8 Å². The van der Waals surface area contributed by atoms with Crippen LogP contribution in [0.2, 0.25) is 0 Å². The summed E-state index contributed by atoms with van der Waals surface area (Å²) in [5, 5.41) is 12.0. The quantitative estimate of drug-likeness (QED) is 0.292. The number of aromatic nitrogens is 1. The van der Waals surface area contributed by atoms with Crippen molar-refractivity contribution in [1.82, 2.24) is 25.0 Å².